The Kier molecular flexibility index (Phi) is 42.5. The number of carbonyl (C=O) groups is 6. The summed E-state index contributed by atoms with van der Waals surface area (Å²) in [6.07, 6.45) is 2.37. The van der Waals surface area contributed by atoms with Gasteiger partial charge in [-0.15, -0.1) is 23.5 Å². The Bertz CT molecular complexity index is 2400. The molecule has 0 unspecified atom stereocenters. The molecule has 84 heavy (non-hydrogen) atoms. The van der Waals surface area contributed by atoms with Gasteiger partial charge in [-0.2, -0.15) is 135 Å². The largest absolute Gasteiger partial charge is 0.367 e. The fraction of sp³-hybridized carbons (Fsp3) is 0.519. The minimum Gasteiger partial charge on any atom is -0.367 e. The molecule has 4 saturated heterocycles. The summed E-state index contributed by atoms with van der Waals surface area (Å²) >= 11 is 14.5. The molecule has 30 heteroatoms. The van der Waals surface area contributed by atoms with E-state index in [2.05, 4.69) is 42.5 Å². The number of likely N-dealkylation sites (N-methyl/N-ethyl adjacent to an activating group) is 2. The minimum atomic E-state index is -1.05. The monoisotopic (exact) mass is 1420 g/mol. The van der Waals surface area contributed by atoms with E-state index in [9.17, 15) is 28.8 Å². The van der Waals surface area contributed by atoms with Crippen molar-refractivity contribution in [2.24, 2.45) is 10.8 Å². The van der Waals surface area contributed by atoms with Gasteiger partial charge in [0.2, 0.25) is 35.4 Å². The molecule has 7 rings (SSSR count). The number of benzene rings is 3. The molecule has 0 bridgehead atoms. The van der Waals surface area contributed by atoms with Crippen LogP contribution in [0.5, 0.6) is 0 Å². The highest BCUT2D eigenvalue weighted by Crippen LogP contribution is 2.48. The van der Waals surface area contributed by atoms with Gasteiger partial charge in [0.25, 0.3) is 0 Å². The number of carbonyl (C=O) groups excluding carboxylic acids is 6. The zero-order valence-corrected chi connectivity index (χ0v) is 61.8. The molecule has 4 heterocycles. The average Bonchev–Trinajstić information content (AvgIpc) is 3.71. The lowest BCUT2D eigenvalue weighted by atomic mass is 9.83. The van der Waals surface area contributed by atoms with Gasteiger partial charge in [-0.25, -0.2) is 0 Å². The summed E-state index contributed by atoms with van der Waals surface area (Å²) in [5.74, 6) is -0.569. The van der Waals surface area contributed by atoms with E-state index in [4.69, 9.17) is 24.4 Å². The van der Waals surface area contributed by atoms with Crippen LogP contribution in [-0.2, 0) is 41.9 Å². The summed E-state index contributed by atoms with van der Waals surface area (Å²) in [5, 5.41) is 24.4. The standard InChI is InChI=1S/C54H72N10O6S4.10H2S/c1-31(55-7)49(71)59-37-23-25-73-39-27-53(3,4)43(63(39)51(37)69)47(67)61-41(35-15-11-9-12-16-35)45(65)57-29-33-19-21-34(22-20-33)30-58-46(66)42(36-17-13-10-14-18-36)62-48(68)44-54(5,6)28-40-64(44)52(70)38(24-26-74-40)60-50(72)32(2)56-8;;;;;;;;;;/h9-22,31-32,37-44,55-56H,23-30H2,1-8H3,(H,57,65)(H,58,66)(H,59,71)(H,60,72)(H,61,67)(H,62,68);10*1H2/t31-,32-,37-,38+,39-,40-,41+,42-,43+,44+;;;;;;;;;;/m0........../s1. The number of hydrogen-bond donors (Lipinski definition) is 8. The van der Waals surface area contributed by atoms with Crippen LogP contribution in [0.25, 0.3) is 0 Å². The number of fused-ring (bicyclic) bond motifs is 2. The van der Waals surface area contributed by atoms with Crippen LogP contribution in [0.3, 0.4) is 0 Å². The second kappa shape index (κ2) is 40.2. The molecule has 478 valence electrons. The molecular formula is C54H92N10O6S14. The Balaban J connectivity index is -0.00000320. The topological polar surface area (TPSA) is 205 Å². The van der Waals surface area contributed by atoms with Crippen LogP contribution >= 0.6 is 183 Å². The van der Waals surface area contributed by atoms with Crippen LogP contribution in [0.1, 0.15) is 102 Å². The van der Waals surface area contributed by atoms with Crippen LogP contribution in [0, 0.1) is 10.8 Å². The van der Waals surface area contributed by atoms with E-state index in [-0.39, 0.29) is 183 Å². The smallest absolute Gasteiger partial charge is 0.247 e. The highest BCUT2D eigenvalue weighted by molar-refractivity contribution is 8.00. The van der Waals surface area contributed by atoms with Crippen molar-refractivity contribution in [2.75, 3.05) is 25.6 Å². The fourth-order valence-corrected chi connectivity index (χ4v) is 13.9. The number of rotatable bonds is 18. The van der Waals surface area contributed by atoms with Crippen LogP contribution in [0.2, 0.25) is 0 Å². The SMILES string of the molecule is CN[C@@H](C)C(=S)N[C@H]1CCS[C@H]2CC(C)(C)[C@@H](C(=O)N[C@@H](C(=O)NCc3ccc(CNC(=O)[C@@H](NC(=O)[C@H]4N5C(=O)[C@H](NC(=S)[C@H](C)NC)CCS[C@H]5CC4(C)C)c4ccccc4)cc3)c3ccccc3)N2C1=O.S.S.S.S.S.S.S.S.S.S. The molecule has 4 fully saturated rings. The summed E-state index contributed by atoms with van der Waals surface area (Å²) in [6, 6.07) is 20.3. The van der Waals surface area contributed by atoms with E-state index in [1.54, 1.807) is 71.7 Å². The first-order valence-corrected chi connectivity index (χ1v) is 28.3. The second-order valence-corrected chi connectivity index (χ2v) is 24.5. The van der Waals surface area contributed by atoms with Crippen LogP contribution in [0.15, 0.2) is 84.9 Å². The Hall–Kier alpha value is -1.62. The van der Waals surface area contributed by atoms with Crippen molar-refractivity contribution in [3.63, 3.8) is 0 Å². The van der Waals surface area contributed by atoms with Crippen molar-refractivity contribution >= 4 is 228 Å². The number of thioether (sulfide) groups is 2. The maximum Gasteiger partial charge on any atom is 0.247 e. The van der Waals surface area contributed by atoms with Gasteiger partial charge in [-0.1, -0.05) is 137 Å². The van der Waals surface area contributed by atoms with Gasteiger partial charge < -0.3 is 52.3 Å². The van der Waals surface area contributed by atoms with E-state index in [1.165, 1.54) is 0 Å². The number of nitrogens with one attached hydrogen (secondary N) is 8. The summed E-state index contributed by atoms with van der Waals surface area (Å²) in [7, 11) is 3.61. The van der Waals surface area contributed by atoms with Crippen molar-refractivity contribution in [3.8, 4) is 0 Å². The number of thiocarbonyl (C=S) groups is 2. The predicted molar refractivity (Wildman–Crippen MR) is 404 cm³/mol. The molecule has 16 nitrogen and oxygen atoms in total. The first-order valence-electron chi connectivity index (χ1n) is 25.4. The summed E-state index contributed by atoms with van der Waals surface area (Å²) in [4.78, 5) is 90.4. The van der Waals surface area contributed by atoms with Crippen molar-refractivity contribution < 1.29 is 28.8 Å². The molecule has 4 aliphatic heterocycles. The first kappa shape index (κ1) is 88.8. The Morgan fingerprint density at radius 1 is 0.536 bits per heavy atom. The highest BCUT2D eigenvalue weighted by atomic mass is 32.2. The van der Waals surface area contributed by atoms with E-state index >= 15 is 0 Å². The quantitative estimate of drug-likeness (QED) is 0.0718. The zero-order valence-electron chi connectivity index (χ0n) is 48.5. The van der Waals surface area contributed by atoms with Crippen LogP contribution in [0.4, 0.5) is 0 Å². The molecule has 6 amide bonds. The fourth-order valence-electron chi connectivity index (χ4n) is 10.3. The van der Waals surface area contributed by atoms with Gasteiger partial charge in [0.15, 0.2) is 0 Å². The normalized spacial score (nSPS) is 21.7. The van der Waals surface area contributed by atoms with Gasteiger partial charge in [-0.05, 0) is 98.2 Å². The number of nitrogens with zero attached hydrogens (tertiary/aromatic N) is 2. The van der Waals surface area contributed by atoms with Gasteiger partial charge in [0, 0.05) is 13.1 Å². The third-order valence-electron chi connectivity index (χ3n) is 14.7. The molecule has 4 aliphatic rings. The van der Waals surface area contributed by atoms with Gasteiger partial charge in [0.05, 0.1) is 32.8 Å². The summed E-state index contributed by atoms with van der Waals surface area (Å²) in [5.41, 5.74) is 1.59. The van der Waals surface area contributed by atoms with Crippen molar-refractivity contribution in [1.82, 2.24) is 52.3 Å². The lowest BCUT2D eigenvalue weighted by Crippen LogP contribution is -2.58. The Morgan fingerprint density at radius 2 is 0.845 bits per heavy atom. The maximum atomic E-state index is 14.5. The molecule has 0 aromatic heterocycles. The van der Waals surface area contributed by atoms with E-state index in [0.29, 0.717) is 46.8 Å². The van der Waals surface area contributed by atoms with Crippen LogP contribution in [-0.4, -0.2) is 128 Å². The molecule has 0 aliphatic carbocycles. The molecule has 0 radical (unpaired) electrons. The van der Waals surface area contributed by atoms with Gasteiger partial charge in [0.1, 0.15) is 36.3 Å². The van der Waals surface area contributed by atoms with Gasteiger partial charge in [-0.3, -0.25) is 28.8 Å². The predicted octanol–water partition coefficient (Wildman–Crippen LogP) is 5.73. The molecule has 10 atom stereocenters. The Morgan fingerprint density at radius 3 is 1.14 bits per heavy atom. The first-order chi connectivity index (χ1) is 35.2. The molecule has 3 aromatic carbocycles. The van der Waals surface area contributed by atoms with Crippen molar-refractivity contribution in [1.29, 1.82) is 0 Å². The average molecular weight is 1430 g/mol. The number of amides is 6. The lowest BCUT2D eigenvalue weighted by Gasteiger charge is -2.35. The van der Waals surface area contributed by atoms with Gasteiger partial charge >= 0.3 is 0 Å². The molecule has 0 spiro atoms. The zero-order chi connectivity index (χ0) is 53.5. The lowest BCUT2D eigenvalue weighted by molar-refractivity contribution is -0.143. The van der Waals surface area contributed by atoms with E-state index in [1.807, 2.05) is 102 Å². The van der Waals surface area contributed by atoms with E-state index in [0.717, 1.165) is 22.6 Å². The summed E-state index contributed by atoms with van der Waals surface area (Å²) in [6.45, 7) is 12.1. The number of hydrogen-bond acceptors (Lipinski definition) is 12. The third kappa shape index (κ3) is 21.8. The van der Waals surface area contributed by atoms with Crippen LogP contribution < -0.4 is 42.5 Å². The third-order valence-corrected chi connectivity index (χ3v) is 18.1. The van der Waals surface area contributed by atoms with Crippen molar-refractivity contribution in [2.45, 2.75) is 139 Å². The molecule has 0 saturated carbocycles. The van der Waals surface area contributed by atoms with Crippen molar-refractivity contribution in [3.05, 3.63) is 107 Å². The molecule has 3 aromatic rings. The molecule has 8 N–H and O–H groups in total. The Labute approximate surface area is 586 Å². The molecular weight excluding hydrogens is 1330 g/mol. The maximum absolute atomic E-state index is 14.5. The summed E-state index contributed by atoms with van der Waals surface area (Å²) < 4.78 is 0. The van der Waals surface area contributed by atoms with E-state index < -0.39 is 70.7 Å². The minimum absolute atomic E-state index is 0. The highest BCUT2D eigenvalue weighted by Gasteiger charge is 2.56. The second-order valence-electron chi connectivity index (χ2n) is 21.0.